The van der Waals surface area contributed by atoms with E-state index in [-0.39, 0.29) is 12.1 Å². The predicted molar refractivity (Wildman–Crippen MR) is 45.2 cm³/mol. The van der Waals surface area contributed by atoms with Gasteiger partial charge in [0.05, 0.1) is 5.69 Å². The summed E-state index contributed by atoms with van der Waals surface area (Å²) in [4.78, 5) is 25.7. The second kappa shape index (κ2) is 3.90. The Morgan fingerprint density at radius 2 is 2.38 bits per heavy atom. The second-order valence-electron chi connectivity index (χ2n) is 2.74. The van der Waals surface area contributed by atoms with Crippen molar-refractivity contribution < 1.29 is 9.90 Å². The molecule has 0 fully saturated rings. The molecule has 0 spiro atoms. The molecule has 1 rings (SSSR count). The fourth-order valence-electron chi connectivity index (χ4n) is 0.981. The largest absolute Gasteiger partial charge is 0.481 e. The van der Waals surface area contributed by atoms with Gasteiger partial charge >= 0.3 is 11.7 Å². The summed E-state index contributed by atoms with van der Waals surface area (Å²) in [6.45, 7) is 0. The van der Waals surface area contributed by atoms with Gasteiger partial charge in [0.2, 0.25) is 0 Å². The van der Waals surface area contributed by atoms with Crippen molar-refractivity contribution in [2.45, 2.75) is 18.9 Å². The molecule has 0 aliphatic heterocycles. The van der Waals surface area contributed by atoms with Crippen LogP contribution >= 0.6 is 0 Å². The van der Waals surface area contributed by atoms with E-state index in [2.05, 4.69) is 9.97 Å². The Bertz CT molecular complexity index is 341. The molecule has 0 saturated heterocycles. The molecule has 6 nitrogen and oxygen atoms in total. The van der Waals surface area contributed by atoms with Crippen molar-refractivity contribution >= 4 is 5.97 Å². The third kappa shape index (κ3) is 2.75. The summed E-state index contributed by atoms with van der Waals surface area (Å²) < 4.78 is 0. The van der Waals surface area contributed by atoms with E-state index in [1.807, 2.05) is 0 Å². The van der Waals surface area contributed by atoms with Gasteiger partial charge in [-0.15, -0.1) is 0 Å². The maximum atomic E-state index is 10.6. The molecule has 1 aromatic heterocycles. The lowest BCUT2D eigenvalue weighted by molar-refractivity contribution is -0.137. The molecular formula is C7H11N3O3. The molecule has 0 bridgehead atoms. The van der Waals surface area contributed by atoms with Gasteiger partial charge in [0.15, 0.2) is 0 Å². The van der Waals surface area contributed by atoms with Gasteiger partial charge in [-0.05, 0) is 6.42 Å². The summed E-state index contributed by atoms with van der Waals surface area (Å²) in [5, 5.41) is 8.38. The fourth-order valence-corrected chi connectivity index (χ4v) is 0.981. The first-order valence-corrected chi connectivity index (χ1v) is 3.84. The van der Waals surface area contributed by atoms with Crippen LogP contribution in [-0.2, 0) is 4.79 Å². The van der Waals surface area contributed by atoms with Crippen molar-refractivity contribution in [3.05, 3.63) is 22.4 Å². The molecule has 6 heteroatoms. The number of rotatable bonds is 4. The van der Waals surface area contributed by atoms with Crippen molar-refractivity contribution in [3.63, 3.8) is 0 Å². The van der Waals surface area contributed by atoms with Crippen LogP contribution in [0.4, 0.5) is 0 Å². The fraction of sp³-hybridized carbons (Fsp3) is 0.429. The molecule has 0 aromatic carbocycles. The van der Waals surface area contributed by atoms with Gasteiger partial charge in [-0.25, -0.2) is 4.79 Å². The summed E-state index contributed by atoms with van der Waals surface area (Å²) >= 11 is 0. The monoisotopic (exact) mass is 185 g/mol. The predicted octanol–water partition coefficient (Wildman–Crippen LogP) is -0.432. The summed E-state index contributed by atoms with van der Waals surface area (Å²) in [6, 6.07) is -0.435. The molecule has 0 radical (unpaired) electrons. The smallest absolute Gasteiger partial charge is 0.323 e. The van der Waals surface area contributed by atoms with Crippen LogP contribution < -0.4 is 11.4 Å². The molecule has 0 saturated carbocycles. The van der Waals surface area contributed by atoms with Crippen LogP contribution in [0.15, 0.2) is 11.0 Å². The Balaban J connectivity index is 2.53. The first kappa shape index (κ1) is 9.53. The van der Waals surface area contributed by atoms with Crippen molar-refractivity contribution in [1.82, 2.24) is 9.97 Å². The molecule has 0 aliphatic carbocycles. The Morgan fingerprint density at radius 3 is 2.85 bits per heavy atom. The molecule has 1 unspecified atom stereocenters. The highest BCUT2D eigenvalue weighted by atomic mass is 16.4. The third-order valence-electron chi connectivity index (χ3n) is 1.69. The number of nitrogens with one attached hydrogen (secondary N) is 2. The zero-order valence-electron chi connectivity index (χ0n) is 6.91. The zero-order valence-corrected chi connectivity index (χ0v) is 6.91. The van der Waals surface area contributed by atoms with Gasteiger partial charge in [0, 0.05) is 18.7 Å². The molecular weight excluding hydrogens is 174 g/mol. The number of imidazole rings is 1. The molecule has 72 valence electrons. The van der Waals surface area contributed by atoms with Crippen molar-refractivity contribution in [3.8, 4) is 0 Å². The number of aromatic amines is 2. The molecule has 13 heavy (non-hydrogen) atoms. The number of aromatic nitrogens is 2. The van der Waals surface area contributed by atoms with Gasteiger partial charge in [-0.1, -0.05) is 0 Å². The molecule has 0 amide bonds. The van der Waals surface area contributed by atoms with Crippen LogP contribution in [0, 0.1) is 0 Å². The lowest BCUT2D eigenvalue weighted by atomic mass is 10.1. The SMILES string of the molecule is NC(CCC(=O)O)c1c[nH]c(=O)[nH]1. The number of aliphatic carboxylic acids is 1. The Kier molecular flexibility index (Phi) is 2.86. The summed E-state index contributed by atoms with van der Waals surface area (Å²) in [7, 11) is 0. The quantitative estimate of drug-likeness (QED) is 0.509. The van der Waals surface area contributed by atoms with Crippen LogP contribution in [0.25, 0.3) is 0 Å². The highest BCUT2D eigenvalue weighted by Crippen LogP contribution is 2.10. The van der Waals surface area contributed by atoms with E-state index in [4.69, 9.17) is 10.8 Å². The van der Waals surface area contributed by atoms with E-state index < -0.39 is 12.0 Å². The number of hydrogen-bond acceptors (Lipinski definition) is 3. The molecule has 0 aliphatic rings. The number of carboxylic acids is 1. The van der Waals surface area contributed by atoms with Crippen LogP contribution in [0.1, 0.15) is 24.6 Å². The van der Waals surface area contributed by atoms with E-state index in [1.54, 1.807) is 0 Å². The number of hydrogen-bond donors (Lipinski definition) is 4. The van der Waals surface area contributed by atoms with Crippen LogP contribution in [0.2, 0.25) is 0 Å². The van der Waals surface area contributed by atoms with E-state index >= 15 is 0 Å². The van der Waals surface area contributed by atoms with Crippen molar-refractivity contribution in [2.24, 2.45) is 5.73 Å². The maximum Gasteiger partial charge on any atom is 0.323 e. The average molecular weight is 185 g/mol. The third-order valence-corrected chi connectivity index (χ3v) is 1.69. The Labute approximate surface area is 73.8 Å². The maximum absolute atomic E-state index is 10.6. The van der Waals surface area contributed by atoms with Gasteiger partial charge < -0.3 is 20.8 Å². The number of carboxylic acid groups (broad SMARTS) is 1. The topological polar surface area (TPSA) is 112 Å². The Hall–Kier alpha value is -1.56. The van der Waals surface area contributed by atoms with Crippen LogP contribution in [0.3, 0.4) is 0 Å². The van der Waals surface area contributed by atoms with Crippen molar-refractivity contribution in [1.29, 1.82) is 0 Å². The molecule has 1 atom stereocenters. The van der Waals surface area contributed by atoms with Crippen LogP contribution in [-0.4, -0.2) is 21.0 Å². The minimum atomic E-state index is -0.895. The van der Waals surface area contributed by atoms with Gasteiger partial charge in [-0.3, -0.25) is 4.79 Å². The summed E-state index contributed by atoms with van der Waals surface area (Å²) in [6.07, 6.45) is 1.76. The number of carbonyl (C=O) groups is 1. The molecule has 5 N–H and O–H groups in total. The van der Waals surface area contributed by atoms with Gasteiger partial charge in [0.1, 0.15) is 0 Å². The minimum absolute atomic E-state index is 0.00558. The number of nitrogens with two attached hydrogens (primary N) is 1. The van der Waals surface area contributed by atoms with Crippen molar-refractivity contribution in [2.75, 3.05) is 0 Å². The highest BCUT2D eigenvalue weighted by molar-refractivity contribution is 5.66. The van der Waals surface area contributed by atoms with Crippen LogP contribution in [0.5, 0.6) is 0 Å². The molecule has 1 heterocycles. The average Bonchev–Trinajstić information content (AvgIpc) is 2.47. The van der Waals surface area contributed by atoms with E-state index in [1.165, 1.54) is 6.20 Å². The lowest BCUT2D eigenvalue weighted by Gasteiger charge is -2.05. The van der Waals surface area contributed by atoms with Gasteiger partial charge in [0.25, 0.3) is 0 Å². The van der Waals surface area contributed by atoms with E-state index in [0.717, 1.165) is 0 Å². The summed E-state index contributed by atoms with van der Waals surface area (Å²) in [5.41, 5.74) is 5.80. The first-order valence-electron chi connectivity index (χ1n) is 3.84. The molecule has 1 aromatic rings. The van der Waals surface area contributed by atoms with E-state index in [9.17, 15) is 9.59 Å². The lowest BCUT2D eigenvalue weighted by Crippen LogP contribution is -2.14. The zero-order chi connectivity index (χ0) is 9.84. The highest BCUT2D eigenvalue weighted by Gasteiger charge is 2.09. The second-order valence-corrected chi connectivity index (χ2v) is 2.74. The van der Waals surface area contributed by atoms with Gasteiger partial charge in [-0.2, -0.15) is 0 Å². The summed E-state index contributed by atoms with van der Waals surface area (Å²) in [5.74, 6) is -0.895. The van der Waals surface area contributed by atoms with E-state index in [0.29, 0.717) is 12.1 Å². The first-order chi connectivity index (χ1) is 6.09. The normalized spacial score (nSPS) is 12.7. The standard InChI is InChI=1S/C7H11N3O3/c8-4(1-2-6(11)12)5-3-9-7(13)10-5/h3-4H,1-2,8H2,(H,11,12)(H2,9,10,13). The minimum Gasteiger partial charge on any atom is -0.481 e. The number of H-pyrrole nitrogens is 2. The Morgan fingerprint density at radius 1 is 1.69 bits per heavy atom.